The lowest BCUT2D eigenvalue weighted by Gasteiger charge is -2.10. The molecule has 1 fully saturated rings. The lowest BCUT2D eigenvalue weighted by molar-refractivity contribution is -0.120. The van der Waals surface area contributed by atoms with Crippen LogP contribution in [0.4, 0.5) is 0 Å². The van der Waals surface area contributed by atoms with E-state index in [9.17, 15) is 9.59 Å². The van der Waals surface area contributed by atoms with E-state index in [1.807, 2.05) is 23.2 Å². The van der Waals surface area contributed by atoms with Crippen molar-refractivity contribution >= 4 is 34.9 Å². The van der Waals surface area contributed by atoms with Crippen LogP contribution in [-0.4, -0.2) is 35.9 Å². The molecule has 1 aliphatic heterocycles. The molecular weight excluding hydrogens is 268 g/mol. The summed E-state index contributed by atoms with van der Waals surface area (Å²) in [6, 6.07) is 3.56. The van der Waals surface area contributed by atoms with E-state index in [-0.39, 0.29) is 18.4 Å². The van der Waals surface area contributed by atoms with Crippen molar-refractivity contribution in [2.75, 3.05) is 18.8 Å². The fourth-order valence-electron chi connectivity index (χ4n) is 1.75. The summed E-state index contributed by atoms with van der Waals surface area (Å²) >= 11 is 3.28. The van der Waals surface area contributed by atoms with Crippen LogP contribution in [-0.2, 0) is 4.79 Å². The number of hydrogen-bond acceptors (Lipinski definition) is 4. The van der Waals surface area contributed by atoms with Gasteiger partial charge in [0.1, 0.15) is 0 Å². The second-order valence-corrected chi connectivity index (χ2v) is 6.46. The molecule has 1 saturated heterocycles. The average Bonchev–Trinajstić information content (AvgIpc) is 3.05. The lowest BCUT2D eigenvalue weighted by atomic mass is 10.2. The SMILES string of the molecule is O=C(CNC(=O)c1cccs1)NC[C@H]1CCCS1. The summed E-state index contributed by atoms with van der Waals surface area (Å²) in [5.41, 5.74) is 0. The standard InChI is InChI=1S/C12H16N2O2S2/c15-11(13-7-9-3-1-5-17-9)8-14-12(16)10-4-2-6-18-10/h2,4,6,9H,1,3,5,7-8H2,(H,13,15)(H,14,16)/t9-/m1/s1. The smallest absolute Gasteiger partial charge is 0.261 e. The summed E-state index contributed by atoms with van der Waals surface area (Å²) in [7, 11) is 0. The molecule has 0 bridgehead atoms. The average molecular weight is 284 g/mol. The molecule has 98 valence electrons. The maximum absolute atomic E-state index is 11.6. The summed E-state index contributed by atoms with van der Waals surface area (Å²) in [4.78, 5) is 23.8. The normalized spacial score (nSPS) is 18.6. The van der Waals surface area contributed by atoms with E-state index in [4.69, 9.17) is 0 Å². The first-order valence-corrected chi connectivity index (χ1v) is 7.88. The minimum Gasteiger partial charge on any atom is -0.353 e. The summed E-state index contributed by atoms with van der Waals surface area (Å²) < 4.78 is 0. The Kier molecular flexibility index (Phi) is 5.07. The molecule has 1 atom stereocenters. The molecule has 1 aliphatic rings. The van der Waals surface area contributed by atoms with Gasteiger partial charge in [0.25, 0.3) is 5.91 Å². The highest BCUT2D eigenvalue weighted by molar-refractivity contribution is 8.00. The summed E-state index contributed by atoms with van der Waals surface area (Å²) in [6.45, 7) is 0.756. The van der Waals surface area contributed by atoms with Crippen LogP contribution in [0.2, 0.25) is 0 Å². The number of thioether (sulfide) groups is 1. The molecule has 6 heteroatoms. The van der Waals surface area contributed by atoms with Crippen LogP contribution in [0.5, 0.6) is 0 Å². The Balaban J connectivity index is 1.63. The molecule has 1 aromatic rings. The zero-order valence-electron chi connectivity index (χ0n) is 9.98. The van der Waals surface area contributed by atoms with Crippen LogP contribution < -0.4 is 10.6 Å². The molecule has 0 aliphatic carbocycles. The van der Waals surface area contributed by atoms with Crippen molar-refractivity contribution in [1.29, 1.82) is 0 Å². The minimum atomic E-state index is -0.185. The maximum Gasteiger partial charge on any atom is 0.261 e. The number of hydrogen-bond donors (Lipinski definition) is 2. The summed E-state index contributed by atoms with van der Waals surface area (Å²) in [6.07, 6.45) is 2.41. The summed E-state index contributed by atoms with van der Waals surface area (Å²) in [5, 5.41) is 7.85. The van der Waals surface area contributed by atoms with Crippen LogP contribution >= 0.6 is 23.1 Å². The van der Waals surface area contributed by atoms with Gasteiger partial charge < -0.3 is 10.6 Å². The van der Waals surface area contributed by atoms with E-state index in [2.05, 4.69) is 10.6 Å². The van der Waals surface area contributed by atoms with Gasteiger partial charge in [0.05, 0.1) is 11.4 Å². The molecule has 2 rings (SSSR count). The van der Waals surface area contributed by atoms with Crippen molar-refractivity contribution in [3.05, 3.63) is 22.4 Å². The van der Waals surface area contributed by atoms with E-state index in [1.165, 1.54) is 29.9 Å². The number of amides is 2. The Labute approximate surface area is 115 Å². The van der Waals surface area contributed by atoms with Gasteiger partial charge in [-0.05, 0) is 30.0 Å². The third-order valence-electron chi connectivity index (χ3n) is 2.71. The lowest BCUT2D eigenvalue weighted by Crippen LogP contribution is -2.39. The van der Waals surface area contributed by atoms with E-state index >= 15 is 0 Å². The number of carbonyl (C=O) groups is 2. The Morgan fingerprint density at radius 1 is 1.39 bits per heavy atom. The molecule has 2 heterocycles. The monoisotopic (exact) mass is 284 g/mol. The van der Waals surface area contributed by atoms with Gasteiger partial charge in [-0.1, -0.05) is 6.07 Å². The highest BCUT2D eigenvalue weighted by Gasteiger charge is 2.16. The van der Waals surface area contributed by atoms with Crippen molar-refractivity contribution in [1.82, 2.24) is 10.6 Å². The Morgan fingerprint density at radius 3 is 2.94 bits per heavy atom. The van der Waals surface area contributed by atoms with Crippen molar-refractivity contribution in [3.8, 4) is 0 Å². The Bertz CT molecular complexity index is 400. The maximum atomic E-state index is 11.6. The molecular formula is C12H16N2O2S2. The third kappa shape index (κ3) is 4.03. The highest BCUT2D eigenvalue weighted by atomic mass is 32.2. The number of thiophene rings is 1. The fraction of sp³-hybridized carbons (Fsp3) is 0.500. The predicted molar refractivity (Wildman–Crippen MR) is 75.1 cm³/mol. The molecule has 0 saturated carbocycles. The Morgan fingerprint density at radius 2 is 2.28 bits per heavy atom. The molecule has 0 aromatic carbocycles. The van der Waals surface area contributed by atoms with E-state index in [0.29, 0.717) is 16.7 Å². The van der Waals surface area contributed by atoms with Gasteiger partial charge in [-0.2, -0.15) is 11.8 Å². The quantitative estimate of drug-likeness (QED) is 0.861. The molecule has 1 aromatic heterocycles. The van der Waals surface area contributed by atoms with Crippen LogP contribution in [0.25, 0.3) is 0 Å². The van der Waals surface area contributed by atoms with Gasteiger partial charge in [-0.3, -0.25) is 9.59 Å². The van der Waals surface area contributed by atoms with E-state index in [1.54, 1.807) is 6.07 Å². The van der Waals surface area contributed by atoms with Gasteiger partial charge in [-0.25, -0.2) is 0 Å². The molecule has 18 heavy (non-hydrogen) atoms. The van der Waals surface area contributed by atoms with Crippen molar-refractivity contribution in [2.24, 2.45) is 0 Å². The second-order valence-electron chi connectivity index (χ2n) is 4.10. The molecule has 0 radical (unpaired) electrons. The van der Waals surface area contributed by atoms with Gasteiger partial charge in [0.15, 0.2) is 0 Å². The number of rotatable bonds is 5. The zero-order valence-corrected chi connectivity index (χ0v) is 11.6. The molecule has 2 amide bonds. The van der Waals surface area contributed by atoms with Gasteiger partial charge in [0.2, 0.25) is 5.91 Å². The third-order valence-corrected chi connectivity index (χ3v) is 4.97. The van der Waals surface area contributed by atoms with Crippen LogP contribution in [0.1, 0.15) is 22.5 Å². The molecule has 4 nitrogen and oxygen atoms in total. The van der Waals surface area contributed by atoms with Crippen molar-refractivity contribution in [3.63, 3.8) is 0 Å². The van der Waals surface area contributed by atoms with E-state index in [0.717, 1.165) is 0 Å². The minimum absolute atomic E-state index is 0.0497. The van der Waals surface area contributed by atoms with Crippen LogP contribution in [0.15, 0.2) is 17.5 Å². The molecule has 2 N–H and O–H groups in total. The van der Waals surface area contributed by atoms with Gasteiger partial charge in [0, 0.05) is 11.8 Å². The second kappa shape index (κ2) is 6.80. The summed E-state index contributed by atoms with van der Waals surface area (Å²) in [5.74, 6) is 0.887. The topological polar surface area (TPSA) is 58.2 Å². The predicted octanol–water partition coefficient (Wildman–Crippen LogP) is 1.49. The zero-order chi connectivity index (χ0) is 12.8. The van der Waals surface area contributed by atoms with Gasteiger partial charge >= 0.3 is 0 Å². The van der Waals surface area contributed by atoms with Crippen molar-refractivity contribution < 1.29 is 9.59 Å². The van der Waals surface area contributed by atoms with Crippen LogP contribution in [0.3, 0.4) is 0 Å². The van der Waals surface area contributed by atoms with Crippen molar-refractivity contribution in [2.45, 2.75) is 18.1 Å². The fourth-order valence-corrected chi connectivity index (χ4v) is 3.59. The van der Waals surface area contributed by atoms with E-state index < -0.39 is 0 Å². The first-order valence-electron chi connectivity index (χ1n) is 5.95. The highest BCUT2D eigenvalue weighted by Crippen LogP contribution is 2.25. The first kappa shape index (κ1) is 13.4. The molecule has 0 unspecified atom stereocenters. The van der Waals surface area contributed by atoms with Gasteiger partial charge in [-0.15, -0.1) is 11.3 Å². The Hall–Kier alpha value is -1.01. The number of carbonyl (C=O) groups excluding carboxylic acids is 2. The number of nitrogens with one attached hydrogen (secondary N) is 2. The largest absolute Gasteiger partial charge is 0.353 e. The van der Waals surface area contributed by atoms with Crippen LogP contribution in [0, 0.1) is 0 Å². The molecule has 0 spiro atoms. The first-order chi connectivity index (χ1) is 8.75.